The molecule has 0 spiro atoms. The van der Waals surface area contributed by atoms with Crippen molar-refractivity contribution in [2.24, 2.45) is 5.84 Å². The van der Waals surface area contributed by atoms with Crippen LogP contribution in [0.5, 0.6) is 0 Å². The van der Waals surface area contributed by atoms with Crippen LogP contribution in [-0.2, 0) is 0 Å². The number of fused-ring (bicyclic) bond motifs is 1. The van der Waals surface area contributed by atoms with Crippen LogP contribution in [0.1, 0.15) is 25.3 Å². The van der Waals surface area contributed by atoms with Crippen molar-refractivity contribution in [1.29, 1.82) is 0 Å². The van der Waals surface area contributed by atoms with E-state index in [0.29, 0.717) is 6.04 Å². The van der Waals surface area contributed by atoms with E-state index in [2.05, 4.69) is 37.0 Å². The first-order chi connectivity index (χ1) is 7.79. The van der Waals surface area contributed by atoms with Gasteiger partial charge in [-0.1, -0.05) is 15.9 Å². The number of anilines is 1. The van der Waals surface area contributed by atoms with Crippen LogP contribution in [-0.4, -0.2) is 9.55 Å². The van der Waals surface area contributed by atoms with Gasteiger partial charge in [0.05, 0.1) is 11.0 Å². The molecule has 0 bridgehead atoms. The second-order valence-electron chi connectivity index (χ2n) is 4.17. The Morgan fingerprint density at radius 3 is 2.88 bits per heavy atom. The summed E-state index contributed by atoms with van der Waals surface area (Å²) in [5.41, 5.74) is 4.82. The summed E-state index contributed by atoms with van der Waals surface area (Å²) in [5, 5.41) is 0. The molecule has 1 aromatic carbocycles. The third-order valence-corrected chi connectivity index (χ3v) is 3.71. The summed E-state index contributed by atoms with van der Waals surface area (Å²) in [6, 6.07) is 6.70. The number of imidazole rings is 1. The van der Waals surface area contributed by atoms with E-state index in [0.717, 1.165) is 21.5 Å². The molecule has 0 unspecified atom stereocenters. The second kappa shape index (κ2) is 3.75. The molecule has 3 N–H and O–H groups in total. The number of nitrogens with two attached hydrogens (primary N) is 1. The molecule has 0 radical (unpaired) electrons. The number of nitrogens with one attached hydrogen (secondary N) is 1. The molecular formula is C11H13BrN4. The molecule has 0 saturated heterocycles. The quantitative estimate of drug-likeness (QED) is 0.657. The Labute approximate surface area is 102 Å². The molecule has 1 aliphatic carbocycles. The van der Waals surface area contributed by atoms with Crippen LogP contribution in [0.15, 0.2) is 22.7 Å². The second-order valence-corrected chi connectivity index (χ2v) is 5.08. The third-order valence-electron chi connectivity index (χ3n) is 3.22. The first-order valence-electron chi connectivity index (χ1n) is 5.43. The van der Waals surface area contributed by atoms with Gasteiger partial charge in [-0.3, -0.25) is 5.43 Å². The van der Waals surface area contributed by atoms with Crippen LogP contribution in [0.2, 0.25) is 0 Å². The predicted octanol–water partition coefficient (Wildman–Crippen LogP) is 2.81. The maximum Gasteiger partial charge on any atom is 0.218 e. The molecule has 0 amide bonds. The predicted molar refractivity (Wildman–Crippen MR) is 68.1 cm³/mol. The minimum absolute atomic E-state index is 0.553. The lowest BCUT2D eigenvalue weighted by Gasteiger charge is -2.28. The lowest BCUT2D eigenvalue weighted by molar-refractivity contribution is 0.323. The molecule has 5 heteroatoms. The van der Waals surface area contributed by atoms with Crippen LogP contribution in [0.25, 0.3) is 11.0 Å². The number of hydrogen-bond donors (Lipinski definition) is 2. The molecule has 0 atom stereocenters. The zero-order chi connectivity index (χ0) is 11.1. The summed E-state index contributed by atoms with van der Waals surface area (Å²) in [4.78, 5) is 4.49. The number of aromatic nitrogens is 2. The summed E-state index contributed by atoms with van der Waals surface area (Å²) in [6.07, 6.45) is 3.73. The van der Waals surface area contributed by atoms with Crippen LogP contribution in [0, 0.1) is 0 Å². The average Bonchev–Trinajstić information content (AvgIpc) is 2.54. The smallest absolute Gasteiger partial charge is 0.218 e. The number of hydrazine groups is 1. The van der Waals surface area contributed by atoms with Gasteiger partial charge in [0.2, 0.25) is 5.95 Å². The number of halogens is 1. The fraction of sp³-hybridized carbons (Fsp3) is 0.364. The molecule has 1 aromatic heterocycles. The Hall–Kier alpha value is -1.07. The summed E-state index contributed by atoms with van der Waals surface area (Å²) in [6.45, 7) is 0. The van der Waals surface area contributed by atoms with Crippen molar-refractivity contribution in [1.82, 2.24) is 9.55 Å². The molecule has 16 heavy (non-hydrogen) atoms. The first-order valence-corrected chi connectivity index (χ1v) is 6.23. The van der Waals surface area contributed by atoms with E-state index in [1.54, 1.807) is 0 Å². The van der Waals surface area contributed by atoms with Crippen molar-refractivity contribution >= 4 is 32.9 Å². The largest absolute Gasteiger partial charge is 0.306 e. The number of nitrogens with zero attached hydrogens (tertiary/aromatic N) is 2. The van der Waals surface area contributed by atoms with Crippen molar-refractivity contribution in [2.75, 3.05) is 5.43 Å². The van der Waals surface area contributed by atoms with Gasteiger partial charge in [-0.05, 0) is 37.5 Å². The molecule has 1 saturated carbocycles. The molecule has 1 heterocycles. The molecule has 2 aromatic rings. The number of hydrogen-bond acceptors (Lipinski definition) is 3. The van der Waals surface area contributed by atoms with Crippen LogP contribution >= 0.6 is 15.9 Å². The summed E-state index contributed by atoms with van der Waals surface area (Å²) < 4.78 is 3.26. The van der Waals surface area contributed by atoms with Gasteiger partial charge in [0.25, 0.3) is 0 Å². The number of rotatable bonds is 2. The molecular weight excluding hydrogens is 268 g/mol. The lowest BCUT2D eigenvalue weighted by Crippen LogP contribution is -2.21. The monoisotopic (exact) mass is 280 g/mol. The minimum Gasteiger partial charge on any atom is -0.306 e. The summed E-state index contributed by atoms with van der Waals surface area (Å²) >= 11 is 3.46. The van der Waals surface area contributed by atoms with Crippen molar-refractivity contribution in [3.63, 3.8) is 0 Å². The zero-order valence-electron chi connectivity index (χ0n) is 8.78. The van der Waals surface area contributed by atoms with Crippen LogP contribution in [0.3, 0.4) is 0 Å². The van der Waals surface area contributed by atoms with Gasteiger partial charge in [0, 0.05) is 10.5 Å². The highest BCUT2D eigenvalue weighted by atomic mass is 79.9. The van der Waals surface area contributed by atoms with Crippen LogP contribution < -0.4 is 11.3 Å². The first kappa shape index (κ1) is 10.1. The maximum atomic E-state index is 5.52. The zero-order valence-corrected chi connectivity index (χ0v) is 10.4. The van der Waals surface area contributed by atoms with Crippen molar-refractivity contribution in [3.8, 4) is 0 Å². The number of nitrogen functional groups attached to an aromatic ring is 1. The van der Waals surface area contributed by atoms with Gasteiger partial charge in [-0.15, -0.1) is 0 Å². The number of benzene rings is 1. The lowest BCUT2D eigenvalue weighted by atomic mass is 9.93. The van der Waals surface area contributed by atoms with E-state index >= 15 is 0 Å². The van der Waals surface area contributed by atoms with Gasteiger partial charge in [-0.2, -0.15) is 0 Å². The van der Waals surface area contributed by atoms with Gasteiger partial charge in [0.1, 0.15) is 0 Å². The Bertz CT molecular complexity index is 530. The Kier molecular flexibility index (Phi) is 2.37. The summed E-state index contributed by atoms with van der Waals surface area (Å²) in [5.74, 6) is 6.29. The highest BCUT2D eigenvalue weighted by molar-refractivity contribution is 9.10. The van der Waals surface area contributed by atoms with Crippen LogP contribution in [0.4, 0.5) is 5.95 Å². The van der Waals surface area contributed by atoms with Gasteiger partial charge in [0.15, 0.2) is 0 Å². The molecule has 3 rings (SSSR count). The standard InChI is InChI=1S/C11H13BrN4/c12-7-4-5-10-9(6-7)14-11(15-13)16(10)8-2-1-3-8/h4-6,8H,1-3,13H2,(H,14,15). The van der Waals surface area contributed by atoms with Gasteiger partial charge >= 0.3 is 0 Å². The van der Waals surface area contributed by atoms with E-state index in [1.165, 1.54) is 19.3 Å². The fourth-order valence-corrected chi connectivity index (χ4v) is 2.54. The molecule has 1 aliphatic rings. The van der Waals surface area contributed by atoms with E-state index in [1.807, 2.05) is 12.1 Å². The topological polar surface area (TPSA) is 55.9 Å². The normalized spacial score (nSPS) is 16.4. The molecule has 0 aliphatic heterocycles. The Morgan fingerprint density at radius 1 is 1.44 bits per heavy atom. The summed E-state index contributed by atoms with van der Waals surface area (Å²) in [7, 11) is 0. The SMILES string of the molecule is NNc1nc2cc(Br)ccc2n1C1CCC1. The molecule has 84 valence electrons. The maximum absolute atomic E-state index is 5.52. The van der Waals surface area contributed by atoms with Crippen molar-refractivity contribution in [2.45, 2.75) is 25.3 Å². The van der Waals surface area contributed by atoms with E-state index < -0.39 is 0 Å². The Balaban J connectivity index is 2.22. The van der Waals surface area contributed by atoms with Gasteiger partial charge in [-0.25, -0.2) is 10.8 Å². The fourth-order valence-electron chi connectivity index (χ4n) is 2.19. The average molecular weight is 281 g/mol. The minimum atomic E-state index is 0.553. The third kappa shape index (κ3) is 1.43. The van der Waals surface area contributed by atoms with Gasteiger partial charge < -0.3 is 4.57 Å². The molecule has 4 nitrogen and oxygen atoms in total. The van der Waals surface area contributed by atoms with E-state index in [9.17, 15) is 0 Å². The van der Waals surface area contributed by atoms with E-state index in [4.69, 9.17) is 5.84 Å². The van der Waals surface area contributed by atoms with Crippen molar-refractivity contribution < 1.29 is 0 Å². The highest BCUT2D eigenvalue weighted by Gasteiger charge is 2.24. The Morgan fingerprint density at radius 2 is 2.25 bits per heavy atom. The highest BCUT2D eigenvalue weighted by Crippen LogP contribution is 2.37. The van der Waals surface area contributed by atoms with E-state index in [-0.39, 0.29) is 0 Å². The van der Waals surface area contributed by atoms with Crippen molar-refractivity contribution in [3.05, 3.63) is 22.7 Å². The molecule has 1 fully saturated rings.